The van der Waals surface area contributed by atoms with Gasteiger partial charge >= 0.3 is 6.03 Å². The highest BCUT2D eigenvalue weighted by molar-refractivity contribution is 6.31. The fraction of sp³-hybridized carbons (Fsp3) is 0.379. The van der Waals surface area contributed by atoms with E-state index in [0.29, 0.717) is 62.7 Å². The second-order valence-corrected chi connectivity index (χ2v) is 10.6. The van der Waals surface area contributed by atoms with Gasteiger partial charge in [-0.3, -0.25) is 9.78 Å². The van der Waals surface area contributed by atoms with E-state index < -0.39 is 5.54 Å². The van der Waals surface area contributed by atoms with E-state index >= 15 is 0 Å². The van der Waals surface area contributed by atoms with Gasteiger partial charge < -0.3 is 24.4 Å². The minimum atomic E-state index is -0.572. The van der Waals surface area contributed by atoms with Crippen LogP contribution >= 0.6 is 11.6 Å². The molecule has 3 aromatic rings. The van der Waals surface area contributed by atoms with E-state index in [0.717, 1.165) is 22.2 Å². The maximum absolute atomic E-state index is 13.9. The van der Waals surface area contributed by atoms with Crippen molar-refractivity contribution >= 4 is 40.1 Å². The smallest absolute Gasteiger partial charge is 0.319 e. The summed E-state index contributed by atoms with van der Waals surface area (Å²) in [6.07, 6.45) is 2.98. The Morgan fingerprint density at radius 2 is 1.63 bits per heavy atom. The van der Waals surface area contributed by atoms with Crippen LogP contribution in [-0.4, -0.2) is 85.0 Å². The Bertz CT molecular complexity index is 1390. The summed E-state index contributed by atoms with van der Waals surface area (Å²) < 4.78 is 0. The number of pyridine rings is 1. The molecule has 0 bridgehead atoms. The second kappa shape index (κ2) is 10.5. The third kappa shape index (κ3) is 4.74. The van der Waals surface area contributed by atoms with E-state index in [2.05, 4.69) is 14.7 Å². The van der Waals surface area contributed by atoms with Crippen molar-refractivity contribution in [2.24, 2.45) is 0 Å². The molecule has 1 aromatic heterocycles. The maximum atomic E-state index is 13.9. The second-order valence-electron chi connectivity index (χ2n) is 10.1. The monoisotopic (exact) mass is 530 g/mol. The van der Waals surface area contributed by atoms with Crippen molar-refractivity contribution in [1.29, 1.82) is 0 Å². The Morgan fingerprint density at radius 1 is 0.974 bits per heavy atom. The van der Waals surface area contributed by atoms with Crippen molar-refractivity contribution in [2.75, 3.05) is 58.3 Å². The zero-order valence-electron chi connectivity index (χ0n) is 21.7. The topological polar surface area (TPSA) is 64.4 Å². The molecule has 0 aliphatic carbocycles. The molecule has 3 amide bonds. The number of hydrogen-bond acceptors (Lipinski definition) is 4. The van der Waals surface area contributed by atoms with Gasteiger partial charge in [0.15, 0.2) is 0 Å². The number of piperidine rings is 1. The summed E-state index contributed by atoms with van der Waals surface area (Å²) >= 11 is 6.41. The number of nitrogens with zero attached hydrogens (tertiary/aromatic N) is 6. The quantitative estimate of drug-likeness (QED) is 0.459. The van der Waals surface area contributed by atoms with Gasteiger partial charge in [0, 0.05) is 88.4 Å². The molecule has 3 heterocycles. The van der Waals surface area contributed by atoms with Crippen molar-refractivity contribution < 1.29 is 9.59 Å². The molecule has 0 radical (unpaired) electrons. The normalized spacial score (nSPS) is 17.3. The first-order valence-corrected chi connectivity index (χ1v) is 13.2. The number of carbonyl (C=O) groups is 2. The molecule has 2 fully saturated rings. The minimum Gasteiger partial charge on any atom is -0.370 e. The molecule has 2 aromatic carbocycles. The molecule has 0 N–H and O–H groups in total. The van der Waals surface area contributed by atoms with Crippen LogP contribution in [0.5, 0.6) is 0 Å². The lowest BCUT2D eigenvalue weighted by Gasteiger charge is -2.38. The molecule has 0 spiro atoms. The van der Waals surface area contributed by atoms with Gasteiger partial charge in [-0.25, -0.2) is 11.4 Å². The van der Waals surface area contributed by atoms with Gasteiger partial charge in [0.1, 0.15) is 0 Å². The van der Waals surface area contributed by atoms with Crippen LogP contribution in [0.15, 0.2) is 54.7 Å². The standard InChI is InChI=1S/C29H31ClN6O2/c1-31-29(21-7-5-4-6-8-21)11-13-34(14-12-29)26-23-19-22(30)9-10-25(23)32-20-24(26)27(37)35-15-17-36(18-16-35)28(38)33(2)3/h4-10,19-20H,11-18H2,2-3H3. The third-order valence-corrected chi connectivity index (χ3v) is 7.92. The number of halogens is 1. The Balaban J connectivity index is 1.45. The first-order chi connectivity index (χ1) is 18.3. The number of urea groups is 1. The minimum absolute atomic E-state index is 0.0465. The lowest BCUT2D eigenvalue weighted by Crippen LogP contribution is -2.53. The van der Waals surface area contributed by atoms with E-state index in [9.17, 15) is 9.59 Å². The summed E-state index contributed by atoms with van der Waals surface area (Å²) in [5.74, 6) is -0.101. The van der Waals surface area contributed by atoms with Gasteiger partial charge in [-0.15, -0.1) is 0 Å². The number of fused-ring (bicyclic) bond motifs is 1. The van der Waals surface area contributed by atoms with Crippen molar-refractivity contribution in [2.45, 2.75) is 18.4 Å². The van der Waals surface area contributed by atoms with E-state index in [1.807, 2.05) is 42.5 Å². The molecule has 9 heteroatoms. The predicted molar refractivity (Wildman–Crippen MR) is 149 cm³/mol. The lowest BCUT2D eigenvalue weighted by atomic mass is 9.81. The van der Waals surface area contributed by atoms with Crippen LogP contribution < -0.4 is 4.90 Å². The Labute approximate surface area is 228 Å². The van der Waals surface area contributed by atoms with Crippen LogP contribution in [0.4, 0.5) is 10.5 Å². The average molecular weight is 531 g/mol. The van der Waals surface area contributed by atoms with Crippen molar-refractivity contribution in [1.82, 2.24) is 19.7 Å². The van der Waals surface area contributed by atoms with E-state index in [-0.39, 0.29) is 11.9 Å². The molecule has 2 aliphatic rings. The third-order valence-electron chi connectivity index (χ3n) is 7.68. The summed E-state index contributed by atoms with van der Waals surface area (Å²) in [7, 11) is 3.47. The SMILES string of the molecule is [C-]#[N+]C1(c2ccccc2)CCN(c2c(C(=O)N3CCN(C(=O)N(C)C)CC3)cnc3ccc(Cl)cc23)CC1. The summed E-state index contributed by atoms with van der Waals surface area (Å²) in [5, 5.41) is 1.41. The molecular weight excluding hydrogens is 500 g/mol. The number of rotatable bonds is 3. The van der Waals surface area contributed by atoms with Gasteiger partial charge in [0.05, 0.1) is 16.8 Å². The van der Waals surface area contributed by atoms with Crippen molar-refractivity contribution in [3.8, 4) is 0 Å². The molecule has 8 nitrogen and oxygen atoms in total. The van der Waals surface area contributed by atoms with E-state index in [1.54, 1.807) is 41.1 Å². The molecule has 2 aliphatic heterocycles. The van der Waals surface area contributed by atoms with Crippen LogP contribution in [0.2, 0.25) is 5.02 Å². The van der Waals surface area contributed by atoms with Gasteiger partial charge in [0.25, 0.3) is 11.4 Å². The summed E-state index contributed by atoms with van der Waals surface area (Å²) in [4.78, 5) is 42.3. The van der Waals surface area contributed by atoms with Gasteiger partial charge in [-0.1, -0.05) is 41.9 Å². The zero-order valence-corrected chi connectivity index (χ0v) is 22.5. The Morgan fingerprint density at radius 3 is 2.26 bits per heavy atom. The Kier molecular flexibility index (Phi) is 7.13. The fourth-order valence-corrected chi connectivity index (χ4v) is 5.69. The predicted octanol–water partition coefficient (Wildman–Crippen LogP) is 4.74. The summed E-state index contributed by atoms with van der Waals surface area (Å²) in [6, 6.07) is 15.5. The number of benzene rings is 2. The molecule has 0 atom stereocenters. The first-order valence-electron chi connectivity index (χ1n) is 12.9. The van der Waals surface area contributed by atoms with Crippen LogP contribution in [-0.2, 0) is 5.54 Å². The summed E-state index contributed by atoms with van der Waals surface area (Å²) in [6.45, 7) is 11.2. The van der Waals surface area contributed by atoms with Gasteiger partial charge in [-0.2, -0.15) is 0 Å². The highest BCUT2D eigenvalue weighted by atomic mass is 35.5. The number of piperazine rings is 1. The van der Waals surface area contributed by atoms with Crippen molar-refractivity contribution in [3.63, 3.8) is 0 Å². The number of anilines is 1. The molecule has 38 heavy (non-hydrogen) atoms. The molecule has 2 saturated heterocycles. The molecule has 196 valence electrons. The van der Waals surface area contributed by atoms with Crippen LogP contribution in [0.25, 0.3) is 15.7 Å². The summed E-state index contributed by atoms with van der Waals surface area (Å²) in [5.41, 5.74) is 2.59. The van der Waals surface area contributed by atoms with Gasteiger partial charge in [-0.05, 0) is 18.2 Å². The number of aromatic nitrogens is 1. The number of carbonyl (C=O) groups excluding carboxylic acids is 2. The fourth-order valence-electron chi connectivity index (χ4n) is 5.52. The lowest BCUT2D eigenvalue weighted by molar-refractivity contribution is 0.0650. The Hall–Kier alpha value is -3.83. The average Bonchev–Trinajstić information content (AvgIpc) is 2.96. The largest absolute Gasteiger partial charge is 0.370 e. The number of hydrogen-bond donors (Lipinski definition) is 0. The highest BCUT2D eigenvalue weighted by Gasteiger charge is 2.43. The molecule has 0 saturated carbocycles. The number of amides is 3. The van der Waals surface area contributed by atoms with Crippen LogP contribution in [0.3, 0.4) is 0 Å². The highest BCUT2D eigenvalue weighted by Crippen LogP contribution is 2.41. The molecule has 0 unspecified atom stereocenters. The van der Waals surface area contributed by atoms with E-state index in [1.165, 1.54) is 0 Å². The first kappa shape index (κ1) is 25.8. The van der Waals surface area contributed by atoms with Crippen LogP contribution in [0.1, 0.15) is 28.8 Å². The van der Waals surface area contributed by atoms with Crippen molar-refractivity contribution in [3.05, 3.63) is 82.3 Å². The molecule has 5 rings (SSSR count). The van der Waals surface area contributed by atoms with Crippen LogP contribution in [0, 0.1) is 6.57 Å². The van der Waals surface area contributed by atoms with Gasteiger partial charge in [0.2, 0.25) is 0 Å². The maximum Gasteiger partial charge on any atom is 0.319 e. The molecular formula is C29H31ClN6O2. The van der Waals surface area contributed by atoms with E-state index in [4.69, 9.17) is 18.2 Å². The zero-order chi connectivity index (χ0) is 26.9.